The second-order valence-electron chi connectivity index (χ2n) is 6.36. The van der Waals surface area contributed by atoms with Crippen molar-refractivity contribution in [1.29, 1.82) is 0 Å². The lowest BCUT2D eigenvalue weighted by molar-refractivity contribution is -0.118. The molecule has 0 saturated heterocycles. The van der Waals surface area contributed by atoms with Crippen LogP contribution in [0.4, 0.5) is 5.69 Å². The van der Waals surface area contributed by atoms with Crippen molar-refractivity contribution in [2.24, 2.45) is 0 Å². The highest BCUT2D eigenvalue weighted by atomic mass is 16.2. The average Bonchev–Trinajstić information content (AvgIpc) is 2.68. The van der Waals surface area contributed by atoms with Crippen molar-refractivity contribution in [1.82, 2.24) is 0 Å². The van der Waals surface area contributed by atoms with Crippen molar-refractivity contribution < 1.29 is 4.79 Å². The van der Waals surface area contributed by atoms with Crippen LogP contribution in [0.5, 0.6) is 0 Å². The highest BCUT2D eigenvalue weighted by molar-refractivity contribution is 5.94. The molecule has 0 fully saturated rings. The number of anilines is 1. The van der Waals surface area contributed by atoms with Gasteiger partial charge in [-0.3, -0.25) is 4.79 Å². The van der Waals surface area contributed by atoms with Gasteiger partial charge in [-0.15, -0.1) is 0 Å². The van der Waals surface area contributed by atoms with E-state index in [1.165, 1.54) is 16.7 Å². The first-order valence-corrected chi connectivity index (χ1v) is 8.12. The van der Waals surface area contributed by atoms with Gasteiger partial charge in [-0.25, -0.2) is 0 Å². The number of carbonyl (C=O) groups is 1. The van der Waals surface area contributed by atoms with E-state index >= 15 is 0 Å². The first-order chi connectivity index (χ1) is 10.6. The van der Waals surface area contributed by atoms with Crippen molar-refractivity contribution in [2.75, 3.05) is 4.90 Å². The number of amides is 1. The topological polar surface area (TPSA) is 20.3 Å². The molecule has 2 nitrogen and oxygen atoms in total. The minimum Gasteiger partial charge on any atom is -0.308 e. The Bertz CT molecular complexity index is 658. The van der Waals surface area contributed by atoms with E-state index in [1.807, 2.05) is 11.0 Å². The van der Waals surface area contributed by atoms with E-state index in [-0.39, 0.29) is 5.91 Å². The summed E-state index contributed by atoms with van der Waals surface area (Å²) in [6.45, 7) is 5.06. The van der Waals surface area contributed by atoms with Crippen LogP contribution in [0.2, 0.25) is 0 Å². The van der Waals surface area contributed by atoms with Gasteiger partial charge in [0.25, 0.3) is 0 Å². The third-order valence-corrected chi connectivity index (χ3v) is 4.41. The molecule has 2 heteroatoms. The molecular formula is C20H23NO. The predicted octanol–water partition coefficient (Wildman–Crippen LogP) is 4.68. The number of carbonyl (C=O) groups excluding carboxylic acids is 1. The van der Waals surface area contributed by atoms with Gasteiger partial charge in [0.05, 0.1) is 6.54 Å². The summed E-state index contributed by atoms with van der Waals surface area (Å²) in [7, 11) is 0. The van der Waals surface area contributed by atoms with Crippen LogP contribution in [0.3, 0.4) is 0 Å². The Kier molecular flexibility index (Phi) is 4.28. The quantitative estimate of drug-likeness (QED) is 0.804. The zero-order valence-electron chi connectivity index (χ0n) is 13.4. The van der Waals surface area contributed by atoms with Crippen LogP contribution < -0.4 is 4.90 Å². The molecule has 1 aliphatic heterocycles. The Hall–Kier alpha value is -2.09. The molecule has 0 saturated carbocycles. The molecule has 0 unspecified atom stereocenters. The lowest BCUT2D eigenvalue weighted by Gasteiger charge is -2.23. The molecule has 0 aliphatic carbocycles. The molecule has 22 heavy (non-hydrogen) atoms. The lowest BCUT2D eigenvalue weighted by atomic mass is 10.0. The number of benzene rings is 2. The first-order valence-electron chi connectivity index (χ1n) is 8.12. The Balaban J connectivity index is 1.88. The second-order valence-corrected chi connectivity index (χ2v) is 6.36. The van der Waals surface area contributed by atoms with E-state index in [1.54, 1.807) is 0 Å². The van der Waals surface area contributed by atoms with Gasteiger partial charge in [0.1, 0.15) is 0 Å². The number of para-hydroxylation sites is 1. The van der Waals surface area contributed by atoms with Crippen LogP contribution in [-0.2, 0) is 17.8 Å². The number of hydrogen-bond donors (Lipinski definition) is 0. The van der Waals surface area contributed by atoms with Crippen LogP contribution in [0.1, 0.15) is 49.3 Å². The predicted molar refractivity (Wildman–Crippen MR) is 91.1 cm³/mol. The van der Waals surface area contributed by atoms with Gasteiger partial charge < -0.3 is 4.90 Å². The molecular weight excluding hydrogens is 270 g/mol. The maximum Gasteiger partial charge on any atom is 0.227 e. The summed E-state index contributed by atoms with van der Waals surface area (Å²) >= 11 is 0. The third kappa shape index (κ3) is 3.06. The Labute approximate surface area is 132 Å². The number of hydrogen-bond acceptors (Lipinski definition) is 1. The third-order valence-electron chi connectivity index (χ3n) is 4.41. The van der Waals surface area contributed by atoms with E-state index in [4.69, 9.17) is 0 Å². The van der Waals surface area contributed by atoms with Gasteiger partial charge in [0.2, 0.25) is 5.91 Å². The molecule has 0 atom stereocenters. The Morgan fingerprint density at radius 2 is 1.73 bits per heavy atom. The zero-order chi connectivity index (χ0) is 15.5. The largest absolute Gasteiger partial charge is 0.308 e. The molecule has 1 amide bonds. The van der Waals surface area contributed by atoms with Crippen molar-refractivity contribution in [3.8, 4) is 0 Å². The van der Waals surface area contributed by atoms with Gasteiger partial charge >= 0.3 is 0 Å². The Morgan fingerprint density at radius 1 is 1.00 bits per heavy atom. The number of nitrogens with zero attached hydrogens (tertiary/aromatic N) is 1. The van der Waals surface area contributed by atoms with Crippen LogP contribution in [0, 0.1) is 0 Å². The van der Waals surface area contributed by atoms with Crippen molar-refractivity contribution in [3.05, 3.63) is 65.2 Å². The molecule has 1 aliphatic rings. The molecule has 1 heterocycles. The zero-order valence-corrected chi connectivity index (χ0v) is 13.4. The molecule has 114 valence electrons. The van der Waals surface area contributed by atoms with Gasteiger partial charge in [0.15, 0.2) is 0 Å². The van der Waals surface area contributed by atoms with Gasteiger partial charge in [-0.2, -0.15) is 0 Å². The molecule has 0 bridgehead atoms. The molecule has 0 aromatic heterocycles. The standard InChI is InChI=1S/C20H23NO/c1-15(2)17-12-10-16(11-13-17)14-21-19-8-4-3-6-18(19)7-5-9-20(21)22/h3-4,6,8,10-13,15H,5,7,9,14H2,1-2H3. The molecule has 3 rings (SSSR count). The van der Waals surface area contributed by atoms with Crippen molar-refractivity contribution >= 4 is 11.6 Å². The average molecular weight is 293 g/mol. The van der Waals surface area contributed by atoms with E-state index < -0.39 is 0 Å². The molecule has 0 spiro atoms. The minimum absolute atomic E-state index is 0.234. The van der Waals surface area contributed by atoms with Gasteiger partial charge in [-0.05, 0) is 41.5 Å². The van der Waals surface area contributed by atoms with E-state index in [0.29, 0.717) is 18.9 Å². The highest BCUT2D eigenvalue weighted by Gasteiger charge is 2.21. The molecule has 2 aromatic rings. The monoisotopic (exact) mass is 293 g/mol. The van der Waals surface area contributed by atoms with Crippen LogP contribution in [0.15, 0.2) is 48.5 Å². The number of aryl methyl sites for hydroxylation is 1. The van der Waals surface area contributed by atoms with Crippen LogP contribution in [0.25, 0.3) is 0 Å². The van der Waals surface area contributed by atoms with Crippen LogP contribution >= 0.6 is 0 Å². The Morgan fingerprint density at radius 3 is 2.45 bits per heavy atom. The molecule has 2 aromatic carbocycles. The maximum atomic E-state index is 12.5. The van der Waals surface area contributed by atoms with Crippen molar-refractivity contribution in [3.63, 3.8) is 0 Å². The summed E-state index contributed by atoms with van der Waals surface area (Å²) in [5.74, 6) is 0.771. The summed E-state index contributed by atoms with van der Waals surface area (Å²) in [5, 5.41) is 0. The van der Waals surface area contributed by atoms with E-state index in [2.05, 4.69) is 56.3 Å². The fraction of sp³-hybridized carbons (Fsp3) is 0.350. The SMILES string of the molecule is CC(C)c1ccc(CN2C(=O)CCCc3ccccc32)cc1. The second kappa shape index (κ2) is 6.35. The number of fused-ring (bicyclic) bond motifs is 1. The van der Waals surface area contributed by atoms with E-state index in [0.717, 1.165) is 18.5 Å². The fourth-order valence-corrected chi connectivity index (χ4v) is 3.05. The van der Waals surface area contributed by atoms with Gasteiger partial charge in [0, 0.05) is 12.1 Å². The summed E-state index contributed by atoms with van der Waals surface area (Å²) < 4.78 is 0. The van der Waals surface area contributed by atoms with Gasteiger partial charge in [-0.1, -0.05) is 56.3 Å². The smallest absolute Gasteiger partial charge is 0.227 e. The summed E-state index contributed by atoms with van der Waals surface area (Å²) in [6, 6.07) is 16.9. The van der Waals surface area contributed by atoms with E-state index in [9.17, 15) is 4.79 Å². The maximum absolute atomic E-state index is 12.5. The van der Waals surface area contributed by atoms with Crippen molar-refractivity contribution in [2.45, 2.75) is 45.6 Å². The summed E-state index contributed by atoms with van der Waals surface area (Å²) in [4.78, 5) is 14.4. The fourth-order valence-electron chi connectivity index (χ4n) is 3.05. The summed E-state index contributed by atoms with van der Waals surface area (Å²) in [6.07, 6.45) is 2.57. The first kappa shape index (κ1) is 14.8. The normalized spacial score (nSPS) is 14.9. The minimum atomic E-state index is 0.234. The summed E-state index contributed by atoms with van der Waals surface area (Å²) in [5.41, 5.74) is 4.89. The highest BCUT2D eigenvalue weighted by Crippen LogP contribution is 2.28. The molecule has 0 radical (unpaired) electrons. The molecule has 0 N–H and O–H groups in total. The van der Waals surface area contributed by atoms with Crippen LogP contribution in [-0.4, -0.2) is 5.91 Å². The number of rotatable bonds is 3. The lowest BCUT2D eigenvalue weighted by Crippen LogP contribution is -2.29.